The molecule has 0 aliphatic rings. The number of hydrogen-bond donors (Lipinski definition) is 0. The topological polar surface area (TPSA) is 40.9 Å². The van der Waals surface area contributed by atoms with E-state index in [9.17, 15) is 4.79 Å². The summed E-state index contributed by atoms with van der Waals surface area (Å²) in [5.74, 6) is 0.00380. The van der Waals surface area contributed by atoms with Gasteiger partial charge in [0.2, 0.25) is 0 Å². The van der Waals surface area contributed by atoms with Gasteiger partial charge in [0.25, 0.3) is 0 Å². The van der Waals surface area contributed by atoms with Gasteiger partial charge in [0.1, 0.15) is 0 Å². The van der Waals surface area contributed by atoms with Gasteiger partial charge < -0.3 is 0 Å². The van der Waals surface area contributed by atoms with Crippen LogP contribution >= 0.6 is 27.7 Å². The fourth-order valence-corrected chi connectivity index (χ4v) is 2.89. The Kier molecular flexibility index (Phi) is 4.41. The summed E-state index contributed by atoms with van der Waals surface area (Å²) in [5, 5.41) is 8.94. The van der Waals surface area contributed by atoms with Gasteiger partial charge in [-0.1, -0.05) is 27.7 Å². The van der Waals surface area contributed by atoms with Crippen molar-refractivity contribution < 1.29 is 4.79 Å². The van der Waals surface area contributed by atoms with Crippen LogP contribution in [0.5, 0.6) is 0 Å². The molecule has 0 atom stereocenters. The first-order valence-electron chi connectivity index (χ1n) is 5.58. The lowest BCUT2D eigenvalue weighted by Gasteiger charge is -2.07. The molecule has 0 aromatic heterocycles. The number of Topliss-reactive ketones (excluding diaryl/α,β-unsaturated/α-hetero) is 1. The molecule has 0 bridgehead atoms. The number of ketones is 1. The highest BCUT2D eigenvalue weighted by Crippen LogP contribution is 2.32. The van der Waals surface area contributed by atoms with E-state index in [1.54, 1.807) is 18.2 Å². The number of carbonyl (C=O) groups is 1. The van der Waals surface area contributed by atoms with Crippen LogP contribution in [0.4, 0.5) is 0 Å². The van der Waals surface area contributed by atoms with E-state index in [4.69, 9.17) is 5.26 Å². The SMILES string of the molecule is CC(=O)c1ccc(C#N)cc1Sc1ccc(Br)cc1. The molecule has 2 nitrogen and oxygen atoms in total. The summed E-state index contributed by atoms with van der Waals surface area (Å²) in [4.78, 5) is 13.4. The van der Waals surface area contributed by atoms with Crippen LogP contribution in [0.3, 0.4) is 0 Å². The van der Waals surface area contributed by atoms with Crippen LogP contribution in [0.25, 0.3) is 0 Å². The molecule has 0 amide bonds. The average molecular weight is 332 g/mol. The molecule has 0 saturated carbocycles. The van der Waals surface area contributed by atoms with Crippen LogP contribution in [-0.4, -0.2) is 5.78 Å². The number of nitrogens with zero attached hydrogens (tertiary/aromatic N) is 1. The van der Waals surface area contributed by atoms with Crippen molar-refractivity contribution in [2.75, 3.05) is 0 Å². The third-order valence-electron chi connectivity index (χ3n) is 2.53. The fraction of sp³-hybridized carbons (Fsp3) is 0.0667. The zero-order valence-electron chi connectivity index (χ0n) is 10.2. The van der Waals surface area contributed by atoms with Crippen LogP contribution in [0.2, 0.25) is 0 Å². The van der Waals surface area contributed by atoms with Crippen molar-refractivity contribution in [1.29, 1.82) is 5.26 Å². The van der Waals surface area contributed by atoms with E-state index in [1.165, 1.54) is 18.7 Å². The zero-order valence-corrected chi connectivity index (χ0v) is 12.6. The van der Waals surface area contributed by atoms with E-state index >= 15 is 0 Å². The largest absolute Gasteiger partial charge is 0.294 e. The van der Waals surface area contributed by atoms with Crippen molar-refractivity contribution in [3.05, 3.63) is 58.1 Å². The molecular formula is C15H10BrNOS. The predicted molar refractivity (Wildman–Crippen MR) is 79.4 cm³/mol. The maximum atomic E-state index is 11.6. The quantitative estimate of drug-likeness (QED) is 0.767. The second-order valence-corrected chi connectivity index (χ2v) is 5.97. The second kappa shape index (κ2) is 6.05. The molecule has 2 aromatic carbocycles. The summed E-state index contributed by atoms with van der Waals surface area (Å²) in [6.45, 7) is 1.53. The summed E-state index contributed by atoms with van der Waals surface area (Å²) < 4.78 is 1.01. The standard InChI is InChI=1S/C15H10BrNOS/c1-10(18)14-7-2-11(9-17)8-15(14)19-13-5-3-12(16)4-6-13/h2-8H,1H3. The van der Waals surface area contributed by atoms with Crippen molar-refractivity contribution in [3.8, 4) is 6.07 Å². The molecule has 2 rings (SSSR count). The maximum absolute atomic E-state index is 11.6. The first-order valence-corrected chi connectivity index (χ1v) is 7.19. The van der Waals surface area contributed by atoms with Crippen LogP contribution in [-0.2, 0) is 0 Å². The highest BCUT2D eigenvalue weighted by atomic mass is 79.9. The number of nitriles is 1. The van der Waals surface area contributed by atoms with E-state index < -0.39 is 0 Å². The lowest BCUT2D eigenvalue weighted by atomic mass is 10.1. The van der Waals surface area contributed by atoms with Gasteiger partial charge in [0, 0.05) is 19.8 Å². The number of halogens is 1. The third-order valence-corrected chi connectivity index (χ3v) is 4.13. The van der Waals surface area contributed by atoms with Gasteiger partial charge in [0.05, 0.1) is 11.6 Å². The minimum atomic E-state index is 0.00380. The molecular weight excluding hydrogens is 322 g/mol. The summed E-state index contributed by atoms with van der Waals surface area (Å²) >= 11 is 4.87. The predicted octanol–water partition coefficient (Wildman–Crippen LogP) is 4.67. The smallest absolute Gasteiger partial charge is 0.160 e. The van der Waals surface area contributed by atoms with Crippen LogP contribution < -0.4 is 0 Å². The van der Waals surface area contributed by atoms with Gasteiger partial charge in [-0.05, 0) is 49.4 Å². The van der Waals surface area contributed by atoms with E-state index in [2.05, 4.69) is 22.0 Å². The Hall–Kier alpha value is -1.57. The van der Waals surface area contributed by atoms with Crippen molar-refractivity contribution in [2.24, 2.45) is 0 Å². The Bertz CT molecular complexity index is 659. The normalized spacial score (nSPS) is 9.95. The van der Waals surface area contributed by atoms with Crippen molar-refractivity contribution in [2.45, 2.75) is 16.7 Å². The Labute approximate surface area is 124 Å². The van der Waals surface area contributed by atoms with Crippen LogP contribution in [0, 0.1) is 11.3 Å². The molecule has 0 radical (unpaired) electrons. The number of benzene rings is 2. The Balaban J connectivity index is 2.40. The van der Waals surface area contributed by atoms with Gasteiger partial charge in [-0.3, -0.25) is 4.79 Å². The Morgan fingerprint density at radius 2 is 1.89 bits per heavy atom. The molecule has 0 saturated heterocycles. The minimum absolute atomic E-state index is 0.00380. The van der Waals surface area contributed by atoms with Gasteiger partial charge in [0.15, 0.2) is 5.78 Å². The molecule has 0 fully saturated rings. The molecule has 2 aromatic rings. The van der Waals surface area contributed by atoms with E-state index in [-0.39, 0.29) is 5.78 Å². The zero-order chi connectivity index (χ0) is 13.8. The first-order chi connectivity index (χ1) is 9.10. The molecule has 19 heavy (non-hydrogen) atoms. The third kappa shape index (κ3) is 3.46. The minimum Gasteiger partial charge on any atom is -0.294 e. The number of rotatable bonds is 3. The molecule has 0 heterocycles. The number of carbonyl (C=O) groups excluding carboxylic acids is 1. The number of hydrogen-bond acceptors (Lipinski definition) is 3. The van der Waals surface area contributed by atoms with Gasteiger partial charge >= 0.3 is 0 Å². The van der Waals surface area contributed by atoms with Crippen LogP contribution in [0.15, 0.2) is 56.7 Å². The molecule has 0 N–H and O–H groups in total. The second-order valence-electron chi connectivity index (χ2n) is 3.93. The Morgan fingerprint density at radius 1 is 1.21 bits per heavy atom. The van der Waals surface area contributed by atoms with Crippen molar-refractivity contribution >= 4 is 33.5 Å². The molecule has 94 valence electrons. The Morgan fingerprint density at radius 3 is 2.47 bits per heavy atom. The first kappa shape index (κ1) is 13.9. The highest BCUT2D eigenvalue weighted by Gasteiger charge is 2.09. The molecule has 0 spiro atoms. The lowest BCUT2D eigenvalue weighted by molar-refractivity contribution is 0.101. The highest BCUT2D eigenvalue weighted by molar-refractivity contribution is 9.10. The monoisotopic (exact) mass is 331 g/mol. The molecule has 0 unspecified atom stereocenters. The van der Waals surface area contributed by atoms with E-state index in [0.29, 0.717) is 11.1 Å². The molecule has 0 aliphatic carbocycles. The summed E-state index contributed by atoms with van der Waals surface area (Å²) in [6, 6.07) is 15.1. The van der Waals surface area contributed by atoms with E-state index in [1.807, 2.05) is 24.3 Å². The van der Waals surface area contributed by atoms with E-state index in [0.717, 1.165) is 14.3 Å². The lowest BCUT2D eigenvalue weighted by Crippen LogP contribution is -1.95. The molecule has 4 heteroatoms. The van der Waals surface area contributed by atoms with Gasteiger partial charge in [-0.2, -0.15) is 5.26 Å². The summed E-state index contributed by atoms with van der Waals surface area (Å²) in [5.41, 5.74) is 1.21. The molecule has 0 aliphatic heterocycles. The van der Waals surface area contributed by atoms with Gasteiger partial charge in [-0.25, -0.2) is 0 Å². The summed E-state index contributed by atoms with van der Waals surface area (Å²) in [6.07, 6.45) is 0. The summed E-state index contributed by atoms with van der Waals surface area (Å²) in [7, 11) is 0. The van der Waals surface area contributed by atoms with Crippen molar-refractivity contribution in [3.63, 3.8) is 0 Å². The van der Waals surface area contributed by atoms with Crippen LogP contribution in [0.1, 0.15) is 22.8 Å². The fourth-order valence-electron chi connectivity index (χ4n) is 1.60. The average Bonchev–Trinajstić information content (AvgIpc) is 2.41. The van der Waals surface area contributed by atoms with Gasteiger partial charge in [-0.15, -0.1) is 0 Å². The maximum Gasteiger partial charge on any atom is 0.160 e. The van der Waals surface area contributed by atoms with Crippen molar-refractivity contribution in [1.82, 2.24) is 0 Å².